The summed E-state index contributed by atoms with van der Waals surface area (Å²) in [6, 6.07) is 19.7. The summed E-state index contributed by atoms with van der Waals surface area (Å²) >= 11 is 0. The second-order valence-corrected chi connectivity index (χ2v) is 10.6. The van der Waals surface area contributed by atoms with Crippen molar-refractivity contribution < 1.29 is 37.0 Å². The van der Waals surface area contributed by atoms with Gasteiger partial charge in [0.2, 0.25) is 22.9 Å². The van der Waals surface area contributed by atoms with Crippen molar-refractivity contribution >= 4 is 33.7 Å². The molecule has 10 nitrogen and oxygen atoms in total. The van der Waals surface area contributed by atoms with Gasteiger partial charge in [-0.1, -0.05) is 42.5 Å². The molecule has 3 aromatic carbocycles. The van der Waals surface area contributed by atoms with Crippen LogP contribution in [0.4, 0.5) is 5.69 Å². The summed E-state index contributed by atoms with van der Waals surface area (Å²) in [5.41, 5.74) is 1.40. The minimum Gasteiger partial charge on any atom is -0.454 e. The standard InChI is InChI=1S/C28H26N2O8S/c31-26(12-10-20-9-11-24-25(17-20)37-19-36-24)38-27(21-5-2-1-3-6-21)28(32)29-22-7-4-8-23(18-22)39(33,34)30-13-15-35-16-14-30/h1-12,17-18,27H,13-16,19H2,(H,29,32). The number of rotatable bonds is 8. The SMILES string of the molecule is O=C(C=Cc1ccc2c(c1)OCO2)OC(C(=O)Nc1cccc(S(=O)(=O)N2CCOCC2)c1)c1ccccc1. The van der Waals surface area contributed by atoms with Gasteiger partial charge in [-0.25, -0.2) is 13.2 Å². The quantitative estimate of drug-likeness (QED) is 0.335. The monoisotopic (exact) mass is 550 g/mol. The zero-order valence-electron chi connectivity index (χ0n) is 20.8. The van der Waals surface area contributed by atoms with Gasteiger partial charge in [0.25, 0.3) is 5.91 Å². The molecule has 3 aromatic rings. The third-order valence-corrected chi connectivity index (χ3v) is 7.99. The number of sulfonamides is 1. The number of amides is 1. The molecule has 1 atom stereocenters. The maximum atomic E-state index is 13.3. The van der Waals surface area contributed by atoms with Gasteiger partial charge in [-0.05, 0) is 42.0 Å². The normalized spacial score (nSPS) is 16.1. The Balaban J connectivity index is 1.31. The van der Waals surface area contributed by atoms with E-state index in [1.54, 1.807) is 66.7 Å². The van der Waals surface area contributed by atoms with E-state index in [2.05, 4.69) is 5.32 Å². The van der Waals surface area contributed by atoms with Gasteiger partial charge in [-0.2, -0.15) is 4.31 Å². The van der Waals surface area contributed by atoms with Gasteiger partial charge in [0.15, 0.2) is 11.5 Å². The van der Waals surface area contributed by atoms with Gasteiger partial charge in [0.05, 0.1) is 18.1 Å². The average molecular weight is 551 g/mol. The van der Waals surface area contributed by atoms with Gasteiger partial charge >= 0.3 is 5.97 Å². The molecule has 1 fully saturated rings. The van der Waals surface area contributed by atoms with Crippen LogP contribution in [0.3, 0.4) is 0 Å². The fourth-order valence-corrected chi connectivity index (χ4v) is 5.57. The van der Waals surface area contributed by atoms with Crippen LogP contribution in [0.25, 0.3) is 6.08 Å². The van der Waals surface area contributed by atoms with E-state index >= 15 is 0 Å². The van der Waals surface area contributed by atoms with Crippen LogP contribution in [0.2, 0.25) is 0 Å². The topological polar surface area (TPSA) is 120 Å². The number of benzene rings is 3. The van der Waals surface area contributed by atoms with Crippen molar-refractivity contribution in [3.63, 3.8) is 0 Å². The molecule has 0 bridgehead atoms. The molecule has 39 heavy (non-hydrogen) atoms. The number of morpholine rings is 1. The summed E-state index contributed by atoms with van der Waals surface area (Å²) in [7, 11) is -3.76. The molecule has 2 aliphatic heterocycles. The van der Waals surface area contributed by atoms with Crippen LogP contribution in [0, 0.1) is 0 Å². The number of nitrogens with zero attached hydrogens (tertiary/aromatic N) is 1. The molecule has 2 aliphatic rings. The Hall–Kier alpha value is -4.19. The van der Waals surface area contributed by atoms with Crippen LogP contribution in [-0.2, 0) is 29.1 Å². The summed E-state index contributed by atoms with van der Waals surface area (Å²) < 4.78 is 48.9. The Morgan fingerprint density at radius 2 is 1.69 bits per heavy atom. The van der Waals surface area contributed by atoms with Crippen LogP contribution >= 0.6 is 0 Å². The Morgan fingerprint density at radius 3 is 2.49 bits per heavy atom. The summed E-state index contributed by atoms with van der Waals surface area (Å²) in [5.74, 6) is -0.172. The fourth-order valence-electron chi connectivity index (χ4n) is 4.12. The zero-order valence-corrected chi connectivity index (χ0v) is 21.6. The van der Waals surface area contributed by atoms with E-state index in [4.69, 9.17) is 18.9 Å². The number of carbonyl (C=O) groups is 2. The highest BCUT2D eigenvalue weighted by molar-refractivity contribution is 7.89. The van der Waals surface area contributed by atoms with Crippen molar-refractivity contribution in [1.82, 2.24) is 4.31 Å². The molecule has 0 saturated carbocycles. The molecule has 1 N–H and O–H groups in total. The highest BCUT2D eigenvalue weighted by Crippen LogP contribution is 2.33. The van der Waals surface area contributed by atoms with Crippen LogP contribution in [0.15, 0.2) is 83.8 Å². The van der Waals surface area contributed by atoms with Crippen molar-refractivity contribution in [1.29, 1.82) is 0 Å². The van der Waals surface area contributed by atoms with Gasteiger partial charge in [0.1, 0.15) is 0 Å². The van der Waals surface area contributed by atoms with Crippen molar-refractivity contribution in [2.75, 3.05) is 38.4 Å². The number of anilines is 1. The Bertz CT molecular complexity index is 1480. The predicted octanol–water partition coefficient (Wildman–Crippen LogP) is 3.37. The lowest BCUT2D eigenvalue weighted by atomic mass is 10.1. The second kappa shape index (κ2) is 11.7. The van der Waals surface area contributed by atoms with E-state index < -0.39 is 28.0 Å². The molecule has 0 spiro atoms. The van der Waals surface area contributed by atoms with E-state index in [1.807, 2.05) is 0 Å². The van der Waals surface area contributed by atoms with Crippen molar-refractivity contribution in [3.05, 3.63) is 90.0 Å². The number of esters is 1. The summed E-state index contributed by atoms with van der Waals surface area (Å²) in [6.45, 7) is 1.29. The smallest absolute Gasteiger partial charge is 0.331 e. The number of ether oxygens (including phenoxy) is 4. The molecule has 11 heteroatoms. The lowest BCUT2D eigenvalue weighted by Gasteiger charge is -2.26. The molecule has 1 saturated heterocycles. The first-order valence-electron chi connectivity index (χ1n) is 12.2. The fraction of sp³-hybridized carbons (Fsp3) is 0.214. The van der Waals surface area contributed by atoms with Crippen LogP contribution in [-0.4, -0.2) is 57.7 Å². The molecular weight excluding hydrogens is 524 g/mol. The van der Waals surface area contributed by atoms with E-state index in [0.717, 1.165) is 0 Å². The maximum Gasteiger partial charge on any atom is 0.331 e. The first-order chi connectivity index (χ1) is 18.9. The molecule has 2 heterocycles. The van der Waals surface area contributed by atoms with Crippen LogP contribution < -0.4 is 14.8 Å². The van der Waals surface area contributed by atoms with E-state index in [-0.39, 0.29) is 30.5 Å². The number of carbonyl (C=O) groups excluding carboxylic acids is 2. The molecule has 1 unspecified atom stereocenters. The summed E-state index contributed by atoms with van der Waals surface area (Å²) in [4.78, 5) is 26.0. The van der Waals surface area contributed by atoms with Gasteiger partial charge in [0, 0.05) is 30.4 Å². The van der Waals surface area contributed by atoms with E-state index in [0.29, 0.717) is 35.8 Å². The highest BCUT2D eigenvalue weighted by Gasteiger charge is 2.28. The Kier molecular flexibility index (Phi) is 7.92. The number of hydrogen-bond donors (Lipinski definition) is 1. The molecular formula is C28H26N2O8S. The van der Waals surface area contributed by atoms with Crippen molar-refractivity contribution in [3.8, 4) is 11.5 Å². The number of nitrogens with one attached hydrogen (secondary N) is 1. The molecule has 0 aromatic heterocycles. The van der Waals surface area contributed by atoms with Crippen molar-refractivity contribution in [2.45, 2.75) is 11.0 Å². The third kappa shape index (κ3) is 6.28. The molecule has 202 valence electrons. The zero-order chi connectivity index (χ0) is 27.2. The van der Waals surface area contributed by atoms with E-state index in [1.165, 1.54) is 22.5 Å². The average Bonchev–Trinajstić information content (AvgIpc) is 3.44. The molecule has 0 radical (unpaired) electrons. The minimum absolute atomic E-state index is 0.0436. The Morgan fingerprint density at radius 1 is 0.923 bits per heavy atom. The predicted molar refractivity (Wildman–Crippen MR) is 142 cm³/mol. The number of hydrogen-bond acceptors (Lipinski definition) is 8. The lowest BCUT2D eigenvalue weighted by molar-refractivity contribution is -0.149. The third-order valence-electron chi connectivity index (χ3n) is 6.09. The highest BCUT2D eigenvalue weighted by atomic mass is 32.2. The van der Waals surface area contributed by atoms with Gasteiger partial charge in [-0.15, -0.1) is 0 Å². The summed E-state index contributed by atoms with van der Waals surface area (Å²) in [5, 5.41) is 2.68. The largest absolute Gasteiger partial charge is 0.454 e. The molecule has 0 aliphatic carbocycles. The lowest BCUT2D eigenvalue weighted by Crippen LogP contribution is -2.40. The maximum absolute atomic E-state index is 13.3. The van der Waals surface area contributed by atoms with Crippen LogP contribution in [0.5, 0.6) is 11.5 Å². The first kappa shape index (κ1) is 26.4. The number of fused-ring (bicyclic) bond motifs is 1. The van der Waals surface area contributed by atoms with E-state index in [9.17, 15) is 18.0 Å². The molecule has 1 amide bonds. The van der Waals surface area contributed by atoms with Gasteiger partial charge < -0.3 is 24.3 Å². The van der Waals surface area contributed by atoms with Crippen molar-refractivity contribution in [2.24, 2.45) is 0 Å². The second-order valence-electron chi connectivity index (χ2n) is 8.71. The minimum atomic E-state index is -3.76. The van der Waals surface area contributed by atoms with Crippen LogP contribution in [0.1, 0.15) is 17.2 Å². The van der Waals surface area contributed by atoms with Gasteiger partial charge in [-0.3, -0.25) is 4.79 Å². The Labute approximate surface area is 225 Å². The molecule has 5 rings (SSSR count). The first-order valence-corrected chi connectivity index (χ1v) is 13.7. The summed E-state index contributed by atoms with van der Waals surface area (Å²) in [6.07, 6.45) is 1.49.